The van der Waals surface area contributed by atoms with E-state index in [9.17, 15) is 0 Å². The fraction of sp³-hybridized carbons (Fsp3) is 0.438. The summed E-state index contributed by atoms with van der Waals surface area (Å²) in [6, 6.07) is 7.99. The first-order valence-electron chi connectivity index (χ1n) is 6.58. The summed E-state index contributed by atoms with van der Waals surface area (Å²) in [6.07, 6.45) is 3.34. The Kier molecular flexibility index (Phi) is 3.85. The number of benzene rings is 1. The second kappa shape index (κ2) is 5.38. The fourth-order valence-electron chi connectivity index (χ4n) is 2.46. The van der Waals surface area contributed by atoms with E-state index >= 15 is 0 Å². The van der Waals surface area contributed by atoms with Crippen molar-refractivity contribution < 1.29 is 5.11 Å². The first kappa shape index (κ1) is 12.9. The molecular formula is C16H21NO. The lowest BCUT2D eigenvalue weighted by atomic mass is 10.0. The minimum Gasteiger partial charge on any atom is -0.515 e. The molecule has 2 atom stereocenters. The molecule has 96 valence electrons. The zero-order valence-electron chi connectivity index (χ0n) is 11.4. The third kappa shape index (κ3) is 2.63. The van der Waals surface area contributed by atoms with E-state index in [4.69, 9.17) is 10.1 Å². The molecule has 1 N–H and O–H groups in total. The van der Waals surface area contributed by atoms with Gasteiger partial charge in [0.25, 0.3) is 0 Å². The SMILES string of the molecule is C/C(=C/O)c1ccccc1N=C1CC(C)C(C)C1. The molecular weight excluding hydrogens is 222 g/mol. The maximum absolute atomic E-state index is 9.15. The van der Waals surface area contributed by atoms with Crippen molar-refractivity contribution in [2.24, 2.45) is 16.8 Å². The number of allylic oxidation sites excluding steroid dienone is 1. The van der Waals surface area contributed by atoms with Crippen LogP contribution in [0, 0.1) is 11.8 Å². The van der Waals surface area contributed by atoms with Crippen LogP contribution in [0.1, 0.15) is 39.2 Å². The Bertz CT molecular complexity index is 476. The van der Waals surface area contributed by atoms with Gasteiger partial charge in [-0.1, -0.05) is 32.0 Å². The number of aliphatic hydroxyl groups excluding tert-OH is 1. The number of nitrogens with zero attached hydrogens (tertiary/aromatic N) is 1. The van der Waals surface area contributed by atoms with Gasteiger partial charge in [0.05, 0.1) is 11.9 Å². The number of rotatable bonds is 2. The number of hydrogen-bond donors (Lipinski definition) is 1. The Morgan fingerprint density at radius 1 is 1.22 bits per heavy atom. The summed E-state index contributed by atoms with van der Waals surface area (Å²) in [5.74, 6) is 1.45. The highest BCUT2D eigenvalue weighted by molar-refractivity contribution is 5.90. The van der Waals surface area contributed by atoms with Crippen molar-refractivity contribution in [3.05, 3.63) is 36.1 Å². The summed E-state index contributed by atoms with van der Waals surface area (Å²) in [5.41, 5.74) is 4.12. The molecule has 1 fully saturated rings. The maximum atomic E-state index is 9.15. The minimum absolute atomic E-state index is 0.727. The van der Waals surface area contributed by atoms with Crippen LogP contribution in [0.3, 0.4) is 0 Å². The zero-order chi connectivity index (χ0) is 13.1. The highest BCUT2D eigenvalue weighted by Gasteiger charge is 2.24. The van der Waals surface area contributed by atoms with Gasteiger partial charge in [-0.05, 0) is 43.2 Å². The molecule has 1 aromatic carbocycles. The van der Waals surface area contributed by atoms with E-state index in [1.807, 2.05) is 31.2 Å². The molecule has 2 nitrogen and oxygen atoms in total. The predicted molar refractivity (Wildman–Crippen MR) is 77.4 cm³/mol. The molecule has 2 unspecified atom stereocenters. The molecule has 1 aromatic rings. The van der Waals surface area contributed by atoms with Crippen molar-refractivity contribution in [3.8, 4) is 0 Å². The van der Waals surface area contributed by atoms with Crippen molar-refractivity contribution >= 4 is 17.0 Å². The molecule has 18 heavy (non-hydrogen) atoms. The lowest BCUT2D eigenvalue weighted by molar-refractivity contribution is 0.457. The monoisotopic (exact) mass is 243 g/mol. The number of para-hydroxylation sites is 1. The van der Waals surface area contributed by atoms with Crippen LogP contribution in [0.2, 0.25) is 0 Å². The Labute approximate surface area is 109 Å². The third-order valence-electron chi connectivity index (χ3n) is 3.89. The van der Waals surface area contributed by atoms with E-state index in [1.54, 1.807) is 0 Å². The summed E-state index contributed by atoms with van der Waals surface area (Å²) in [6.45, 7) is 6.48. The van der Waals surface area contributed by atoms with Gasteiger partial charge in [0.1, 0.15) is 0 Å². The quantitative estimate of drug-likeness (QED) is 0.747. The van der Waals surface area contributed by atoms with Crippen LogP contribution in [0.25, 0.3) is 5.57 Å². The van der Waals surface area contributed by atoms with E-state index < -0.39 is 0 Å². The molecule has 0 bridgehead atoms. The van der Waals surface area contributed by atoms with Crippen LogP contribution in [-0.4, -0.2) is 10.8 Å². The van der Waals surface area contributed by atoms with Gasteiger partial charge in [-0.25, -0.2) is 0 Å². The average molecular weight is 243 g/mol. The number of aliphatic imine (C=N–C) groups is 1. The molecule has 2 rings (SSSR count). The van der Waals surface area contributed by atoms with Gasteiger partial charge in [0, 0.05) is 11.3 Å². The molecule has 0 aromatic heterocycles. The van der Waals surface area contributed by atoms with Crippen LogP contribution in [0.15, 0.2) is 35.5 Å². The predicted octanol–water partition coefficient (Wildman–Crippen LogP) is 4.74. The van der Waals surface area contributed by atoms with Gasteiger partial charge in [-0.2, -0.15) is 0 Å². The van der Waals surface area contributed by atoms with Gasteiger partial charge in [-0.3, -0.25) is 4.99 Å². The lowest BCUT2D eigenvalue weighted by Gasteiger charge is -2.06. The van der Waals surface area contributed by atoms with Gasteiger partial charge in [0.15, 0.2) is 0 Å². The number of hydrogen-bond acceptors (Lipinski definition) is 2. The van der Waals surface area contributed by atoms with E-state index in [1.165, 1.54) is 5.71 Å². The Morgan fingerprint density at radius 2 is 1.83 bits per heavy atom. The van der Waals surface area contributed by atoms with Crippen molar-refractivity contribution in [1.29, 1.82) is 0 Å². The molecule has 0 radical (unpaired) electrons. The summed E-state index contributed by atoms with van der Waals surface area (Å²) in [5, 5.41) is 9.15. The third-order valence-corrected chi connectivity index (χ3v) is 3.89. The van der Waals surface area contributed by atoms with E-state index in [2.05, 4.69) is 13.8 Å². The van der Waals surface area contributed by atoms with E-state index in [-0.39, 0.29) is 0 Å². The minimum atomic E-state index is 0.727. The van der Waals surface area contributed by atoms with Crippen LogP contribution in [-0.2, 0) is 0 Å². The number of aliphatic hydroxyl groups is 1. The van der Waals surface area contributed by atoms with Crippen LogP contribution >= 0.6 is 0 Å². The van der Waals surface area contributed by atoms with Gasteiger partial charge >= 0.3 is 0 Å². The largest absolute Gasteiger partial charge is 0.515 e. The molecule has 1 aliphatic rings. The van der Waals surface area contributed by atoms with Crippen molar-refractivity contribution in [1.82, 2.24) is 0 Å². The van der Waals surface area contributed by atoms with Crippen LogP contribution in [0.4, 0.5) is 5.69 Å². The molecule has 1 saturated carbocycles. The molecule has 2 heteroatoms. The van der Waals surface area contributed by atoms with Crippen LogP contribution in [0.5, 0.6) is 0 Å². The molecule has 0 heterocycles. The van der Waals surface area contributed by atoms with Gasteiger partial charge in [0.2, 0.25) is 0 Å². The summed E-state index contributed by atoms with van der Waals surface area (Å²) < 4.78 is 0. The summed E-state index contributed by atoms with van der Waals surface area (Å²) >= 11 is 0. The van der Waals surface area contributed by atoms with Crippen molar-refractivity contribution in [2.75, 3.05) is 0 Å². The fourth-order valence-corrected chi connectivity index (χ4v) is 2.46. The highest BCUT2D eigenvalue weighted by atomic mass is 16.2. The van der Waals surface area contributed by atoms with Gasteiger partial charge in [-0.15, -0.1) is 0 Å². The smallest absolute Gasteiger partial charge is 0.0827 e. The zero-order valence-corrected chi connectivity index (χ0v) is 11.4. The second-order valence-corrected chi connectivity index (χ2v) is 5.37. The lowest BCUT2D eigenvalue weighted by Crippen LogP contribution is -1.95. The molecule has 0 saturated heterocycles. The highest BCUT2D eigenvalue weighted by Crippen LogP contribution is 2.32. The van der Waals surface area contributed by atoms with Crippen molar-refractivity contribution in [3.63, 3.8) is 0 Å². The summed E-state index contributed by atoms with van der Waals surface area (Å²) in [4.78, 5) is 4.79. The van der Waals surface area contributed by atoms with E-state index in [0.717, 1.165) is 47.8 Å². The molecule has 0 aliphatic heterocycles. The Balaban J connectivity index is 2.33. The average Bonchev–Trinajstić information content (AvgIpc) is 2.68. The maximum Gasteiger partial charge on any atom is 0.0827 e. The normalized spacial score (nSPS) is 24.4. The molecule has 0 amide bonds. The standard InChI is InChI=1S/C16H21NO/c1-11-8-14(9-12(11)2)17-16-7-5-4-6-15(16)13(3)10-18/h4-7,10-12,18H,8-9H2,1-3H3/b13-10-,17-14?. The second-order valence-electron chi connectivity index (χ2n) is 5.37. The van der Waals surface area contributed by atoms with Gasteiger partial charge < -0.3 is 5.11 Å². The first-order chi connectivity index (χ1) is 8.61. The molecule has 1 aliphatic carbocycles. The Morgan fingerprint density at radius 3 is 2.44 bits per heavy atom. The van der Waals surface area contributed by atoms with Crippen LogP contribution < -0.4 is 0 Å². The Hall–Kier alpha value is -1.57. The summed E-state index contributed by atoms with van der Waals surface area (Å²) in [7, 11) is 0. The first-order valence-corrected chi connectivity index (χ1v) is 6.58. The molecule has 0 spiro atoms. The van der Waals surface area contributed by atoms with Crippen molar-refractivity contribution in [2.45, 2.75) is 33.6 Å². The van der Waals surface area contributed by atoms with E-state index in [0.29, 0.717) is 0 Å². The topological polar surface area (TPSA) is 32.6 Å².